The van der Waals surface area contributed by atoms with Gasteiger partial charge in [0.05, 0.1) is 5.69 Å². The molecule has 0 saturated heterocycles. The zero-order valence-corrected chi connectivity index (χ0v) is 15.0. The maximum absolute atomic E-state index is 5.54. The number of aromatic nitrogens is 1. The Morgan fingerprint density at radius 1 is 0.960 bits per heavy atom. The smallest absolute Gasteiger partial charge is 0.168 e. The molecule has 0 atom stereocenters. The van der Waals surface area contributed by atoms with Crippen LogP contribution < -0.4 is 0 Å². The Morgan fingerprint density at radius 3 is 2.32 bits per heavy atom. The minimum Gasteiger partial charge on any atom is -0.353 e. The van der Waals surface area contributed by atoms with Gasteiger partial charge in [-0.25, -0.2) is 0 Å². The van der Waals surface area contributed by atoms with Gasteiger partial charge in [-0.1, -0.05) is 54.1 Å². The Hall–Kier alpha value is -2.23. The Kier molecular flexibility index (Phi) is 4.06. The van der Waals surface area contributed by atoms with Gasteiger partial charge in [0.2, 0.25) is 0 Å². The average Bonchev–Trinajstić information content (AvgIpc) is 2.62. The highest BCUT2D eigenvalue weighted by Gasteiger charge is 2.46. The highest BCUT2D eigenvalue weighted by molar-refractivity contribution is 5.94. The third-order valence-corrected chi connectivity index (χ3v) is 5.36. The molecule has 3 aromatic rings. The van der Waals surface area contributed by atoms with Crippen LogP contribution in [0.1, 0.15) is 30.0 Å². The summed E-state index contributed by atoms with van der Waals surface area (Å²) in [7, 11) is 3.43. The average molecular weight is 333 g/mol. The van der Waals surface area contributed by atoms with Crippen molar-refractivity contribution >= 4 is 10.8 Å². The van der Waals surface area contributed by atoms with Crippen molar-refractivity contribution in [3.63, 3.8) is 0 Å². The number of nitrogens with zero attached hydrogens (tertiary/aromatic N) is 1. The predicted octanol–water partition coefficient (Wildman–Crippen LogP) is 5.08. The summed E-state index contributed by atoms with van der Waals surface area (Å²) < 4.78 is 11.1. The summed E-state index contributed by atoms with van der Waals surface area (Å²) in [5.41, 5.74) is 4.60. The molecule has 1 aliphatic rings. The SMILES string of the molecule is COC1(OC)CC(c2cc3ccccc3c(-c3ccc(C)cc3)n2)C1. The molecule has 3 nitrogen and oxygen atoms in total. The predicted molar refractivity (Wildman–Crippen MR) is 101 cm³/mol. The van der Waals surface area contributed by atoms with Crippen molar-refractivity contribution in [2.24, 2.45) is 0 Å². The maximum atomic E-state index is 5.54. The molecule has 1 saturated carbocycles. The van der Waals surface area contributed by atoms with Crippen molar-refractivity contribution in [3.8, 4) is 11.3 Å². The summed E-state index contributed by atoms with van der Waals surface area (Å²) in [6, 6.07) is 19.3. The zero-order valence-electron chi connectivity index (χ0n) is 15.0. The number of ether oxygens (including phenoxy) is 2. The monoisotopic (exact) mass is 333 g/mol. The molecule has 128 valence electrons. The topological polar surface area (TPSA) is 31.4 Å². The molecule has 4 rings (SSSR count). The molecule has 1 fully saturated rings. The number of hydrogen-bond acceptors (Lipinski definition) is 3. The molecule has 0 N–H and O–H groups in total. The van der Waals surface area contributed by atoms with Crippen molar-refractivity contribution in [2.75, 3.05) is 14.2 Å². The Balaban J connectivity index is 1.79. The van der Waals surface area contributed by atoms with E-state index in [4.69, 9.17) is 14.5 Å². The van der Waals surface area contributed by atoms with Crippen LogP contribution in [0.2, 0.25) is 0 Å². The molecule has 0 aliphatic heterocycles. The van der Waals surface area contributed by atoms with E-state index >= 15 is 0 Å². The van der Waals surface area contributed by atoms with Crippen molar-refractivity contribution in [1.82, 2.24) is 4.98 Å². The van der Waals surface area contributed by atoms with Crippen molar-refractivity contribution < 1.29 is 9.47 Å². The molecular formula is C22H23NO2. The lowest BCUT2D eigenvalue weighted by Crippen LogP contribution is -2.46. The van der Waals surface area contributed by atoms with E-state index < -0.39 is 5.79 Å². The standard InChI is InChI=1S/C22H23NO2/c1-15-8-10-16(11-9-15)21-19-7-5-4-6-17(19)12-20(23-21)18-13-22(14-18,24-2)25-3/h4-12,18H,13-14H2,1-3H3. The lowest BCUT2D eigenvalue weighted by atomic mass is 9.76. The first-order valence-electron chi connectivity index (χ1n) is 8.71. The molecule has 2 aromatic carbocycles. The van der Waals surface area contributed by atoms with Gasteiger partial charge in [-0.05, 0) is 18.4 Å². The molecular weight excluding hydrogens is 310 g/mol. The van der Waals surface area contributed by atoms with Crippen molar-refractivity contribution in [2.45, 2.75) is 31.5 Å². The third kappa shape index (κ3) is 2.84. The molecule has 1 aliphatic carbocycles. The summed E-state index contributed by atoms with van der Waals surface area (Å²) in [4.78, 5) is 5.05. The Labute approximate surface area is 148 Å². The van der Waals surface area contributed by atoms with Gasteiger partial charge < -0.3 is 9.47 Å². The minimum absolute atomic E-state index is 0.369. The number of rotatable bonds is 4. The van der Waals surface area contributed by atoms with E-state index in [9.17, 15) is 0 Å². The second kappa shape index (κ2) is 6.25. The summed E-state index contributed by atoms with van der Waals surface area (Å²) >= 11 is 0. The Bertz CT molecular complexity index is 890. The highest BCUT2D eigenvalue weighted by atomic mass is 16.7. The van der Waals surface area contributed by atoms with E-state index in [0.29, 0.717) is 5.92 Å². The van der Waals surface area contributed by atoms with Gasteiger partial charge >= 0.3 is 0 Å². The van der Waals surface area contributed by atoms with E-state index in [-0.39, 0.29) is 0 Å². The van der Waals surface area contributed by atoms with E-state index in [2.05, 4.69) is 61.5 Å². The normalized spacial score (nSPS) is 16.8. The molecule has 1 heterocycles. The van der Waals surface area contributed by atoms with Crippen LogP contribution in [0.3, 0.4) is 0 Å². The van der Waals surface area contributed by atoms with E-state index in [0.717, 1.165) is 29.8 Å². The quantitative estimate of drug-likeness (QED) is 0.624. The molecule has 1 aromatic heterocycles. The van der Waals surface area contributed by atoms with E-state index in [1.165, 1.54) is 16.3 Å². The summed E-state index contributed by atoms with van der Waals surface area (Å²) in [6.07, 6.45) is 1.69. The number of benzene rings is 2. The van der Waals surface area contributed by atoms with Crippen LogP contribution in [0.4, 0.5) is 0 Å². The lowest BCUT2D eigenvalue weighted by molar-refractivity contribution is -0.258. The van der Waals surface area contributed by atoms with Crippen LogP contribution >= 0.6 is 0 Å². The lowest BCUT2D eigenvalue weighted by Gasteiger charge is -2.44. The first-order chi connectivity index (χ1) is 12.1. The summed E-state index contributed by atoms with van der Waals surface area (Å²) in [5.74, 6) is -0.0733. The number of hydrogen-bond donors (Lipinski definition) is 0. The van der Waals surface area contributed by atoms with Gasteiger partial charge in [-0.2, -0.15) is 0 Å². The second-order valence-corrected chi connectivity index (χ2v) is 6.91. The third-order valence-electron chi connectivity index (χ3n) is 5.36. The molecule has 0 unspecified atom stereocenters. The highest BCUT2D eigenvalue weighted by Crippen LogP contribution is 2.47. The van der Waals surface area contributed by atoms with Gasteiger partial charge in [-0.3, -0.25) is 4.98 Å². The molecule has 0 amide bonds. The summed E-state index contributed by atoms with van der Waals surface area (Å²) in [6.45, 7) is 2.11. The molecule has 0 spiro atoms. The van der Waals surface area contributed by atoms with Gasteiger partial charge in [0, 0.05) is 49.6 Å². The zero-order chi connectivity index (χ0) is 17.4. The van der Waals surface area contributed by atoms with E-state index in [1.54, 1.807) is 14.2 Å². The van der Waals surface area contributed by atoms with Crippen molar-refractivity contribution in [3.05, 3.63) is 65.9 Å². The second-order valence-electron chi connectivity index (χ2n) is 6.91. The van der Waals surface area contributed by atoms with Gasteiger partial charge in [-0.15, -0.1) is 0 Å². The first kappa shape index (κ1) is 16.2. The molecule has 25 heavy (non-hydrogen) atoms. The van der Waals surface area contributed by atoms with Gasteiger partial charge in [0.25, 0.3) is 0 Å². The van der Waals surface area contributed by atoms with Crippen LogP contribution in [0, 0.1) is 6.92 Å². The van der Waals surface area contributed by atoms with Gasteiger partial charge in [0.15, 0.2) is 5.79 Å². The fraction of sp³-hybridized carbons (Fsp3) is 0.318. The largest absolute Gasteiger partial charge is 0.353 e. The van der Waals surface area contributed by atoms with Crippen LogP contribution in [0.25, 0.3) is 22.0 Å². The van der Waals surface area contributed by atoms with Crippen LogP contribution in [0.5, 0.6) is 0 Å². The van der Waals surface area contributed by atoms with Crippen LogP contribution in [-0.2, 0) is 9.47 Å². The number of pyridine rings is 1. The van der Waals surface area contributed by atoms with E-state index in [1.807, 2.05) is 0 Å². The van der Waals surface area contributed by atoms with Gasteiger partial charge in [0.1, 0.15) is 0 Å². The fourth-order valence-corrected chi connectivity index (χ4v) is 3.68. The van der Waals surface area contributed by atoms with Crippen molar-refractivity contribution in [1.29, 1.82) is 0 Å². The Morgan fingerprint density at radius 2 is 1.64 bits per heavy atom. The number of aryl methyl sites for hydroxylation is 1. The molecule has 0 radical (unpaired) electrons. The number of methoxy groups -OCH3 is 2. The maximum Gasteiger partial charge on any atom is 0.168 e. The fourth-order valence-electron chi connectivity index (χ4n) is 3.68. The van der Waals surface area contributed by atoms with Crippen LogP contribution in [-0.4, -0.2) is 25.0 Å². The first-order valence-corrected chi connectivity index (χ1v) is 8.71. The van der Waals surface area contributed by atoms with Crippen LogP contribution in [0.15, 0.2) is 54.6 Å². The molecule has 0 bridgehead atoms. The number of fused-ring (bicyclic) bond motifs is 1. The minimum atomic E-state index is -0.442. The molecule has 3 heteroatoms. The summed E-state index contributed by atoms with van der Waals surface area (Å²) in [5, 5.41) is 2.43.